The van der Waals surface area contributed by atoms with Crippen LogP contribution in [0.15, 0.2) is 72.8 Å². The Morgan fingerprint density at radius 2 is 1.38 bits per heavy atom. The average molecular weight is 398 g/mol. The van der Waals surface area contributed by atoms with Gasteiger partial charge in [-0.05, 0) is 28.8 Å². The number of carbonyl (C=O) groups is 1. The third-order valence-electron chi connectivity index (χ3n) is 4.64. The van der Waals surface area contributed by atoms with E-state index in [-0.39, 0.29) is 30.8 Å². The molecule has 0 bridgehead atoms. The Bertz CT molecular complexity index is 903. The first-order valence-corrected chi connectivity index (χ1v) is 8.13. The second-order valence-electron chi connectivity index (χ2n) is 6.58. The number of rotatable bonds is 4. The van der Waals surface area contributed by atoms with Gasteiger partial charge in [-0.3, -0.25) is 0 Å². The van der Waals surface area contributed by atoms with Crippen LogP contribution in [0.1, 0.15) is 35.3 Å². The zero-order valence-corrected chi connectivity index (χ0v) is 17.9. The second kappa shape index (κ2) is 7.84. The molecule has 0 fully saturated rings. The molecule has 0 radical (unpaired) electrons. The summed E-state index contributed by atoms with van der Waals surface area (Å²) in [4.78, 5) is 11.7. The Kier molecular flexibility index (Phi) is 5.99. The van der Waals surface area contributed by atoms with Crippen LogP contribution in [-0.4, -0.2) is 16.2 Å². The van der Waals surface area contributed by atoms with E-state index in [1.807, 2.05) is 66.7 Å². The van der Waals surface area contributed by atoms with Crippen molar-refractivity contribution in [3.8, 4) is 16.9 Å². The predicted octanol–water partition coefficient (Wildman–Crippen LogP) is 5.08. The molecule has 0 saturated heterocycles. The Morgan fingerprint density at radius 3 is 1.92 bits per heavy atom. The number of aromatic carboxylic acids is 1. The van der Waals surface area contributed by atoms with E-state index in [0.29, 0.717) is 5.56 Å². The fourth-order valence-electron chi connectivity index (χ4n) is 3.02. The van der Waals surface area contributed by atoms with Gasteiger partial charge in [0.05, 0.1) is 0 Å². The SMILES string of the molecule is CC(C)(c1ccccc1)c1cc(C(=O)O)c(O)c(-c2ccccc2)c1.[Zn]. The molecule has 0 saturated carbocycles. The van der Waals surface area contributed by atoms with Crippen LogP contribution in [0.2, 0.25) is 0 Å². The molecule has 0 atom stereocenters. The Hall–Kier alpha value is -2.45. The van der Waals surface area contributed by atoms with Crippen LogP contribution >= 0.6 is 0 Å². The van der Waals surface area contributed by atoms with Crippen molar-refractivity contribution in [3.05, 3.63) is 89.5 Å². The molecule has 2 N–H and O–H groups in total. The monoisotopic (exact) mass is 396 g/mol. The van der Waals surface area contributed by atoms with Crippen molar-refractivity contribution < 1.29 is 34.5 Å². The molecule has 26 heavy (non-hydrogen) atoms. The van der Waals surface area contributed by atoms with E-state index in [4.69, 9.17) is 0 Å². The molecule has 3 aromatic rings. The van der Waals surface area contributed by atoms with Crippen LogP contribution in [0.3, 0.4) is 0 Å². The van der Waals surface area contributed by atoms with E-state index in [0.717, 1.165) is 16.7 Å². The molecule has 0 heterocycles. The van der Waals surface area contributed by atoms with Gasteiger partial charge in [0.2, 0.25) is 0 Å². The van der Waals surface area contributed by atoms with Crippen molar-refractivity contribution in [3.63, 3.8) is 0 Å². The van der Waals surface area contributed by atoms with Gasteiger partial charge >= 0.3 is 5.97 Å². The third-order valence-corrected chi connectivity index (χ3v) is 4.64. The standard InChI is InChI=1S/C22H20O3.Zn/c1-22(2,16-11-7-4-8-12-16)17-13-18(15-9-5-3-6-10-15)20(23)19(14-17)21(24)25;/h3-14,23H,1-2H3,(H,24,25);. The average Bonchev–Trinajstić information content (AvgIpc) is 2.63. The van der Waals surface area contributed by atoms with Crippen molar-refractivity contribution in [2.24, 2.45) is 0 Å². The number of hydrogen-bond donors (Lipinski definition) is 2. The second-order valence-corrected chi connectivity index (χ2v) is 6.58. The van der Waals surface area contributed by atoms with Gasteiger partial charge in [0, 0.05) is 30.5 Å². The zero-order chi connectivity index (χ0) is 18.0. The van der Waals surface area contributed by atoms with Gasteiger partial charge in [0.15, 0.2) is 0 Å². The minimum atomic E-state index is -1.14. The molecule has 3 rings (SSSR count). The minimum Gasteiger partial charge on any atom is -0.506 e. The van der Waals surface area contributed by atoms with Gasteiger partial charge in [-0.25, -0.2) is 4.79 Å². The van der Waals surface area contributed by atoms with Crippen LogP contribution in [0.25, 0.3) is 11.1 Å². The minimum absolute atomic E-state index is 0. The van der Waals surface area contributed by atoms with Crippen LogP contribution < -0.4 is 0 Å². The van der Waals surface area contributed by atoms with E-state index in [1.165, 1.54) is 0 Å². The summed E-state index contributed by atoms with van der Waals surface area (Å²) >= 11 is 0. The van der Waals surface area contributed by atoms with E-state index in [1.54, 1.807) is 6.07 Å². The van der Waals surface area contributed by atoms with Crippen molar-refractivity contribution in [2.75, 3.05) is 0 Å². The first-order chi connectivity index (χ1) is 11.9. The number of carboxylic acids is 1. The molecule has 4 heteroatoms. The molecule has 0 aliphatic rings. The van der Waals surface area contributed by atoms with Crippen molar-refractivity contribution in [1.82, 2.24) is 0 Å². The molecule has 3 nitrogen and oxygen atoms in total. The van der Waals surface area contributed by atoms with Gasteiger partial charge in [0.25, 0.3) is 0 Å². The molecule has 3 aromatic carbocycles. The topological polar surface area (TPSA) is 57.5 Å². The number of benzene rings is 3. The summed E-state index contributed by atoms with van der Waals surface area (Å²) in [6.45, 7) is 4.10. The normalized spacial score (nSPS) is 10.8. The molecule has 0 unspecified atom stereocenters. The fourth-order valence-corrected chi connectivity index (χ4v) is 3.02. The van der Waals surface area contributed by atoms with Crippen molar-refractivity contribution in [2.45, 2.75) is 19.3 Å². The van der Waals surface area contributed by atoms with Gasteiger partial charge < -0.3 is 10.2 Å². The zero-order valence-electron chi connectivity index (χ0n) is 14.9. The summed E-state index contributed by atoms with van der Waals surface area (Å²) in [5.74, 6) is -1.34. The van der Waals surface area contributed by atoms with Crippen molar-refractivity contribution in [1.29, 1.82) is 0 Å². The smallest absolute Gasteiger partial charge is 0.339 e. The van der Waals surface area contributed by atoms with E-state index >= 15 is 0 Å². The largest absolute Gasteiger partial charge is 0.506 e. The summed E-state index contributed by atoms with van der Waals surface area (Å²) in [6.07, 6.45) is 0. The Labute approximate surface area is 166 Å². The first-order valence-electron chi connectivity index (χ1n) is 8.13. The van der Waals surface area contributed by atoms with Gasteiger partial charge in [-0.15, -0.1) is 0 Å². The first kappa shape index (κ1) is 19.9. The maximum atomic E-state index is 11.7. The van der Waals surface area contributed by atoms with Crippen LogP contribution in [0.5, 0.6) is 5.75 Å². The van der Waals surface area contributed by atoms with Gasteiger partial charge in [-0.2, -0.15) is 0 Å². The molecule has 0 amide bonds. The summed E-state index contributed by atoms with van der Waals surface area (Å²) < 4.78 is 0. The maximum absolute atomic E-state index is 11.7. The molecule has 128 valence electrons. The number of phenols is 1. The molecule has 0 aliphatic carbocycles. The van der Waals surface area contributed by atoms with Crippen LogP contribution in [0, 0.1) is 0 Å². The number of carboxylic acid groups (broad SMARTS) is 1. The predicted molar refractivity (Wildman–Crippen MR) is 99.1 cm³/mol. The number of aromatic hydroxyl groups is 1. The van der Waals surface area contributed by atoms with E-state index in [9.17, 15) is 15.0 Å². The Balaban J connectivity index is 0.00000243. The van der Waals surface area contributed by atoms with Gasteiger partial charge in [-0.1, -0.05) is 74.5 Å². The molecule has 0 spiro atoms. The van der Waals surface area contributed by atoms with Crippen LogP contribution in [0.4, 0.5) is 0 Å². The summed E-state index contributed by atoms with van der Waals surface area (Å²) in [7, 11) is 0. The molecule has 0 aromatic heterocycles. The summed E-state index contributed by atoms with van der Waals surface area (Å²) in [6, 6.07) is 22.7. The quantitative estimate of drug-likeness (QED) is 0.603. The molecule has 0 aliphatic heterocycles. The molecular weight excluding hydrogens is 378 g/mol. The van der Waals surface area contributed by atoms with Crippen LogP contribution in [-0.2, 0) is 24.9 Å². The van der Waals surface area contributed by atoms with E-state index in [2.05, 4.69) is 13.8 Å². The van der Waals surface area contributed by atoms with Gasteiger partial charge in [0.1, 0.15) is 11.3 Å². The number of hydrogen-bond acceptors (Lipinski definition) is 2. The van der Waals surface area contributed by atoms with Crippen molar-refractivity contribution >= 4 is 5.97 Å². The molecular formula is C22H20O3Zn. The maximum Gasteiger partial charge on any atom is 0.339 e. The summed E-state index contributed by atoms with van der Waals surface area (Å²) in [5.41, 5.74) is 2.75. The van der Waals surface area contributed by atoms with E-state index < -0.39 is 11.4 Å². The Morgan fingerprint density at radius 1 is 0.846 bits per heavy atom. The fraction of sp³-hybridized carbons (Fsp3) is 0.136. The third kappa shape index (κ3) is 3.71. The summed E-state index contributed by atoms with van der Waals surface area (Å²) in [5, 5.41) is 20.0.